The van der Waals surface area contributed by atoms with Gasteiger partial charge in [0.2, 0.25) is 0 Å². The van der Waals surface area contributed by atoms with Crippen molar-refractivity contribution in [1.29, 1.82) is 0 Å². The maximum Gasteiger partial charge on any atom is 0.131 e. The lowest BCUT2D eigenvalue weighted by molar-refractivity contribution is 0.483. The van der Waals surface area contributed by atoms with Crippen LogP contribution < -0.4 is 9.64 Å². The van der Waals surface area contributed by atoms with Gasteiger partial charge in [-0.1, -0.05) is 103 Å². The van der Waals surface area contributed by atoms with E-state index in [1.54, 1.807) is 0 Å². The van der Waals surface area contributed by atoms with Crippen molar-refractivity contribution in [2.45, 2.75) is 0 Å². The molecule has 0 aliphatic rings. The molecular formula is C44H29N3O. The van der Waals surface area contributed by atoms with Gasteiger partial charge in [-0.15, -0.1) is 0 Å². The van der Waals surface area contributed by atoms with E-state index in [0.717, 1.165) is 28.6 Å². The van der Waals surface area contributed by atoms with Crippen molar-refractivity contribution in [3.8, 4) is 22.6 Å². The highest BCUT2D eigenvalue weighted by molar-refractivity contribution is 6.24. The van der Waals surface area contributed by atoms with Gasteiger partial charge in [-0.25, -0.2) is 0 Å². The highest BCUT2D eigenvalue weighted by Crippen LogP contribution is 2.46. The second-order valence-corrected chi connectivity index (χ2v) is 12.2. The average Bonchev–Trinajstić information content (AvgIpc) is 3.79. The Morgan fingerprint density at radius 2 is 0.917 bits per heavy atom. The lowest BCUT2D eigenvalue weighted by Gasteiger charge is -2.26. The number of benzene rings is 7. The Bertz CT molecular complexity index is 2720. The van der Waals surface area contributed by atoms with Crippen molar-refractivity contribution in [2.75, 3.05) is 4.90 Å². The lowest BCUT2D eigenvalue weighted by Crippen LogP contribution is -2.11. The summed E-state index contributed by atoms with van der Waals surface area (Å²) in [5.74, 6) is 1.61. The molecule has 0 saturated heterocycles. The number of imidazole rings is 1. The first-order chi connectivity index (χ1) is 23.8. The lowest BCUT2D eigenvalue weighted by atomic mass is 10.0. The number of ether oxygens (including phenoxy) is 1. The fourth-order valence-corrected chi connectivity index (χ4v) is 7.43. The number of nitrogens with zero attached hydrogens (tertiary/aromatic N) is 3. The predicted molar refractivity (Wildman–Crippen MR) is 199 cm³/mol. The zero-order valence-electron chi connectivity index (χ0n) is 26.0. The molecule has 226 valence electrons. The number of para-hydroxylation sites is 4. The second-order valence-electron chi connectivity index (χ2n) is 12.2. The fraction of sp³-hybridized carbons (Fsp3) is 0. The smallest absolute Gasteiger partial charge is 0.131 e. The van der Waals surface area contributed by atoms with Gasteiger partial charge in [-0.05, 0) is 83.9 Å². The topological polar surface area (TPSA) is 21.3 Å². The molecule has 3 aromatic heterocycles. The molecule has 0 bridgehead atoms. The van der Waals surface area contributed by atoms with E-state index in [2.05, 4.69) is 159 Å². The highest BCUT2D eigenvalue weighted by atomic mass is 16.5. The van der Waals surface area contributed by atoms with E-state index in [1.807, 2.05) is 30.3 Å². The Kier molecular flexibility index (Phi) is 5.84. The maximum absolute atomic E-state index is 6.19. The van der Waals surface area contributed by atoms with Gasteiger partial charge in [0.1, 0.15) is 17.1 Å². The molecule has 0 amide bonds. The standard InChI is InChI=1S/C44H29N3O/c1-3-12-30(13-4-1)31-22-24-32(25-23-31)45(33-26-28-35(29-27-33)48-34-14-5-2-6-15-34)40-20-11-21-41-43(40)47-39-19-10-8-17-37(39)42-36-16-7-9-18-38(36)46(41)44(42)47/h1-29H. The van der Waals surface area contributed by atoms with Crippen molar-refractivity contribution in [3.63, 3.8) is 0 Å². The van der Waals surface area contributed by atoms with Crippen LogP contribution in [0.4, 0.5) is 17.1 Å². The molecule has 0 fully saturated rings. The van der Waals surface area contributed by atoms with E-state index < -0.39 is 0 Å². The molecule has 10 rings (SSSR count). The molecule has 0 radical (unpaired) electrons. The first-order valence-corrected chi connectivity index (χ1v) is 16.3. The van der Waals surface area contributed by atoms with E-state index in [9.17, 15) is 0 Å². The molecule has 0 aliphatic carbocycles. The van der Waals surface area contributed by atoms with E-state index in [4.69, 9.17) is 4.74 Å². The quantitative estimate of drug-likeness (QED) is 0.186. The van der Waals surface area contributed by atoms with Crippen LogP contribution in [-0.2, 0) is 0 Å². The number of hydrogen-bond donors (Lipinski definition) is 0. The van der Waals surface area contributed by atoms with Crippen LogP contribution in [0.2, 0.25) is 0 Å². The minimum atomic E-state index is 0.795. The van der Waals surface area contributed by atoms with E-state index >= 15 is 0 Å². The summed E-state index contributed by atoms with van der Waals surface area (Å²) in [5.41, 5.74) is 11.6. The van der Waals surface area contributed by atoms with Gasteiger partial charge < -0.3 is 9.64 Å². The number of hydrogen-bond acceptors (Lipinski definition) is 2. The molecule has 0 unspecified atom stereocenters. The molecule has 4 nitrogen and oxygen atoms in total. The summed E-state index contributed by atoms with van der Waals surface area (Å²) in [6.45, 7) is 0. The number of rotatable bonds is 6. The molecule has 3 heterocycles. The second kappa shape index (κ2) is 10.5. The van der Waals surface area contributed by atoms with Crippen LogP contribution >= 0.6 is 0 Å². The first kappa shape index (κ1) is 26.7. The summed E-state index contributed by atoms with van der Waals surface area (Å²) in [4.78, 5) is 2.37. The Balaban J connectivity index is 1.22. The summed E-state index contributed by atoms with van der Waals surface area (Å²) >= 11 is 0. The van der Waals surface area contributed by atoms with E-state index in [0.29, 0.717) is 0 Å². The fourth-order valence-electron chi connectivity index (χ4n) is 7.43. The third kappa shape index (κ3) is 3.96. The highest BCUT2D eigenvalue weighted by Gasteiger charge is 2.26. The van der Waals surface area contributed by atoms with Crippen molar-refractivity contribution < 1.29 is 4.74 Å². The molecule has 4 heteroatoms. The van der Waals surface area contributed by atoms with E-state index in [-0.39, 0.29) is 0 Å². The van der Waals surface area contributed by atoms with Gasteiger partial charge in [0.25, 0.3) is 0 Å². The van der Waals surface area contributed by atoms with Crippen molar-refractivity contribution in [1.82, 2.24) is 8.80 Å². The minimum Gasteiger partial charge on any atom is -0.457 e. The van der Waals surface area contributed by atoms with E-state index in [1.165, 1.54) is 55.0 Å². The van der Waals surface area contributed by atoms with Crippen LogP contribution in [-0.4, -0.2) is 8.80 Å². The molecule has 0 spiro atoms. The summed E-state index contributed by atoms with van der Waals surface area (Å²) in [5, 5.41) is 3.84. The molecule has 7 aromatic carbocycles. The zero-order chi connectivity index (χ0) is 31.6. The summed E-state index contributed by atoms with van der Waals surface area (Å²) in [6, 6.07) is 62.0. The van der Waals surface area contributed by atoms with Gasteiger partial charge >= 0.3 is 0 Å². The summed E-state index contributed by atoms with van der Waals surface area (Å²) < 4.78 is 11.1. The minimum absolute atomic E-state index is 0.795. The molecule has 0 saturated carbocycles. The maximum atomic E-state index is 6.19. The number of fused-ring (bicyclic) bond motifs is 9. The van der Waals surface area contributed by atoms with Crippen molar-refractivity contribution >= 4 is 60.9 Å². The van der Waals surface area contributed by atoms with Crippen LogP contribution in [0.5, 0.6) is 11.5 Å². The Morgan fingerprint density at radius 1 is 0.396 bits per heavy atom. The normalized spacial score (nSPS) is 11.8. The van der Waals surface area contributed by atoms with Gasteiger partial charge in [0.05, 0.1) is 27.8 Å². The van der Waals surface area contributed by atoms with Gasteiger partial charge in [0, 0.05) is 27.5 Å². The van der Waals surface area contributed by atoms with Crippen LogP contribution in [0, 0.1) is 0 Å². The largest absolute Gasteiger partial charge is 0.457 e. The first-order valence-electron chi connectivity index (χ1n) is 16.3. The third-order valence-corrected chi connectivity index (χ3v) is 9.48. The van der Waals surface area contributed by atoms with Crippen LogP contribution in [0.1, 0.15) is 0 Å². The predicted octanol–water partition coefficient (Wildman–Crippen LogP) is 12.0. The van der Waals surface area contributed by atoms with Crippen LogP contribution in [0.15, 0.2) is 176 Å². The summed E-state index contributed by atoms with van der Waals surface area (Å²) in [7, 11) is 0. The molecule has 0 aliphatic heterocycles. The Labute approximate surface area is 277 Å². The average molecular weight is 616 g/mol. The number of anilines is 3. The van der Waals surface area contributed by atoms with Gasteiger partial charge in [-0.2, -0.15) is 0 Å². The van der Waals surface area contributed by atoms with Crippen LogP contribution in [0.3, 0.4) is 0 Å². The zero-order valence-corrected chi connectivity index (χ0v) is 26.0. The molecule has 0 atom stereocenters. The summed E-state index contributed by atoms with van der Waals surface area (Å²) in [6.07, 6.45) is 0. The third-order valence-electron chi connectivity index (χ3n) is 9.48. The SMILES string of the molecule is c1ccc(Oc2ccc(N(c3ccc(-c4ccccc4)cc3)c3cccc4c3n3c5ccccc5c5c6ccccc6n4c53)cc2)cc1. The molecule has 10 aromatic rings. The number of aromatic nitrogens is 2. The molecule has 48 heavy (non-hydrogen) atoms. The Morgan fingerprint density at radius 3 is 1.60 bits per heavy atom. The van der Waals surface area contributed by atoms with Gasteiger partial charge in [0.15, 0.2) is 0 Å². The Hall–Kier alpha value is -6.52. The molecular weight excluding hydrogens is 587 g/mol. The van der Waals surface area contributed by atoms with Crippen molar-refractivity contribution in [3.05, 3.63) is 176 Å². The monoisotopic (exact) mass is 615 g/mol. The van der Waals surface area contributed by atoms with Gasteiger partial charge in [-0.3, -0.25) is 8.80 Å². The van der Waals surface area contributed by atoms with Crippen LogP contribution in [0.25, 0.3) is 55.0 Å². The molecule has 0 N–H and O–H groups in total. The van der Waals surface area contributed by atoms with Crippen molar-refractivity contribution in [2.24, 2.45) is 0 Å².